The van der Waals surface area contributed by atoms with E-state index < -0.39 is 8.07 Å². The molecule has 0 amide bonds. The minimum atomic E-state index is -1.16. The number of rotatable bonds is 10. The van der Waals surface area contributed by atoms with Crippen LogP contribution in [0.15, 0.2) is 17.5 Å². The van der Waals surface area contributed by atoms with Gasteiger partial charge in [0.1, 0.15) is 0 Å². The molecule has 0 N–H and O–H groups in total. The third-order valence-corrected chi connectivity index (χ3v) is 11.6. The lowest BCUT2D eigenvalue weighted by Gasteiger charge is -2.31. The van der Waals surface area contributed by atoms with Crippen molar-refractivity contribution in [1.29, 1.82) is 0 Å². The molecule has 1 heterocycles. The molecule has 0 nitrogen and oxygen atoms in total. The first kappa shape index (κ1) is 16.0. The lowest BCUT2D eigenvalue weighted by molar-refractivity contribution is 0.801. The second-order valence-corrected chi connectivity index (χ2v) is 11.5. The Kier molecular flexibility index (Phi) is 7.92. The highest BCUT2D eigenvalue weighted by atomic mass is 32.1. The highest BCUT2D eigenvalue weighted by Crippen LogP contribution is 2.29. The summed E-state index contributed by atoms with van der Waals surface area (Å²) in [4.78, 5) is 0. The molecule has 0 fully saturated rings. The summed E-state index contributed by atoms with van der Waals surface area (Å²) in [5, 5.41) is 2.29. The van der Waals surface area contributed by atoms with Gasteiger partial charge in [0.25, 0.3) is 0 Å². The second kappa shape index (κ2) is 8.92. The Bertz CT molecular complexity index is 270. The van der Waals surface area contributed by atoms with Gasteiger partial charge in [0.15, 0.2) is 0 Å². The molecule has 0 spiro atoms. The molecule has 104 valence electrons. The van der Waals surface area contributed by atoms with Crippen LogP contribution < -0.4 is 4.50 Å². The van der Waals surface area contributed by atoms with Gasteiger partial charge in [0.05, 0.1) is 8.07 Å². The van der Waals surface area contributed by atoms with Crippen molar-refractivity contribution >= 4 is 23.9 Å². The van der Waals surface area contributed by atoms with E-state index in [4.69, 9.17) is 0 Å². The monoisotopic (exact) mass is 282 g/mol. The summed E-state index contributed by atoms with van der Waals surface area (Å²) >= 11 is 2.04. The molecule has 0 unspecified atom stereocenters. The first-order chi connectivity index (χ1) is 8.79. The Labute approximate surface area is 119 Å². The van der Waals surface area contributed by atoms with Crippen LogP contribution in [-0.2, 0) is 0 Å². The van der Waals surface area contributed by atoms with Crippen LogP contribution in [0.3, 0.4) is 0 Å². The number of hydrogen-bond acceptors (Lipinski definition) is 1. The standard InChI is InChI=1S/C16H30SSi/c1-4-7-13-18(14-8-5-2,15-9-6-3)16-11-10-12-17-16/h10-12H,4-9,13-15H2,1-3H3. The second-order valence-electron chi connectivity index (χ2n) is 5.57. The van der Waals surface area contributed by atoms with Crippen LogP contribution in [0.25, 0.3) is 0 Å². The van der Waals surface area contributed by atoms with Crippen LogP contribution in [0.2, 0.25) is 18.1 Å². The molecule has 1 aromatic rings. The molecule has 0 aliphatic carbocycles. The van der Waals surface area contributed by atoms with Gasteiger partial charge in [-0.2, -0.15) is 11.3 Å². The maximum Gasteiger partial charge on any atom is 0.0995 e. The summed E-state index contributed by atoms with van der Waals surface area (Å²) < 4.78 is 1.79. The third kappa shape index (κ3) is 4.54. The van der Waals surface area contributed by atoms with Crippen LogP contribution in [0.4, 0.5) is 0 Å². The fraction of sp³-hybridized carbons (Fsp3) is 0.750. The van der Waals surface area contributed by atoms with Crippen molar-refractivity contribution in [2.24, 2.45) is 0 Å². The zero-order chi connectivity index (χ0) is 13.3. The van der Waals surface area contributed by atoms with Gasteiger partial charge in [-0.25, -0.2) is 0 Å². The molecule has 0 radical (unpaired) electrons. The van der Waals surface area contributed by atoms with Crippen molar-refractivity contribution < 1.29 is 0 Å². The first-order valence-corrected chi connectivity index (χ1v) is 11.3. The summed E-state index contributed by atoms with van der Waals surface area (Å²) in [7, 11) is -1.16. The Morgan fingerprint density at radius 2 is 1.39 bits per heavy atom. The fourth-order valence-electron chi connectivity index (χ4n) is 2.87. The van der Waals surface area contributed by atoms with Gasteiger partial charge < -0.3 is 0 Å². The molecule has 1 aromatic heterocycles. The molecule has 0 atom stereocenters. The summed E-state index contributed by atoms with van der Waals surface area (Å²) in [6.45, 7) is 7.02. The van der Waals surface area contributed by atoms with E-state index in [9.17, 15) is 0 Å². The summed E-state index contributed by atoms with van der Waals surface area (Å²) in [5.41, 5.74) is 0. The van der Waals surface area contributed by atoms with Crippen molar-refractivity contribution in [3.05, 3.63) is 17.5 Å². The number of unbranched alkanes of at least 4 members (excludes halogenated alkanes) is 3. The molecule has 2 heteroatoms. The normalized spacial score (nSPS) is 11.9. The van der Waals surface area contributed by atoms with Crippen molar-refractivity contribution in [2.75, 3.05) is 0 Å². The highest BCUT2D eigenvalue weighted by molar-refractivity contribution is 7.25. The number of hydrogen-bond donors (Lipinski definition) is 0. The SMILES string of the molecule is CCCC[Si](CCCC)(CCCC)c1cccs1. The largest absolute Gasteiger partial charge is 0.154 e. The van der Waals surface area contributed by atoms with Crippen molar-refractivity contribution in [3.8, 4) is 0 Å². The van der Waals surface area contributed by atoms with Crippen LogP contribution in [0, 0.1) is 0 Å². The van der Waals surface area contributed by atoms with Gasteiger partial charge in [0.2, 0.25) is 0 Å². The minimum Gasteiger partial charge on any atom is -0.154 e. The Morgan fingerprint density at radius 3 is 1.72 bits per heavy atom. The molecule has 1 rings (SSSR count). The Morgan fingerprint density at radius 1 is 0.889 bits per heavy atom. The topological polar surface area (TPSA) is 0 Å². The zero-order valence-corrected chi connectivity index (χ0v) is 14.3. The maximum atomic E-state index is 2.44. The lowest BCUT2D eigenvalue weighted by Crippen LogP contribution is -2.45. The van der Waals surface area contributed by atoms with Gasteiger partial charge in [-0.1, -0.05) is 89.6 Å². The molecule has 0 bridgehead atoms. The van der Waals surface area contributed by atoms with Crippen molar-refractivity contribution in [2.45, 2.75) is 77.4 Å². The highest BCUT2D eigenvalue weighted by Gasteiger charge is 2.33. The predicted octanol–water partition coefficient (Wildman–Crippen LogP) is 5.80. The van der Waals surface area contributed by atoms with E-state index in [1.54, 1.807) is 4.50 Å². The molecule has 0 aromatic carbocycles. The van der Waals surface area contributed by atoms with Crippen LogP contribution >= 0.6 is 11.3 Å². The molecular weight excluding hydrogens is 252 g/mol. The first-order valence-electron chi connectivity index (χ1n) is 7.83. The van der Waals surface area contributed by atoms with E-state index in [1.807, 2.05) is 11.3 Å². The van der Waals surface area contributed by atoms with Crippen LogP contribution in [0.5, 0.6) is 0 Å². The summed E-state index contributed by atoms with van der Waals surface area (Å²) in [6, 6.07) is 9.31. The van der Waals surface area contributed by atoms with Gasteiger partial charge >= 0.3 is 0 Å². The van der Waals surface area contributed by atoms with E-state index >= 15 is 0 Å². The van der Waals surface area contributed by atoms with Gasteiger partial charge in [-0.15, -0.1) is 0 Å². The zero-order valence-electron chi connectivity index (χ0n) is 12.5. The van der Waals surface area contributed by atoms with Crippen LogP contribution in [-0.4, -0.2) is 8.07 Å². The minimum absolute atomic E-state index is 1.16. The quantitative estimate of drug-likeness (QED) is 0.475. The maximum absolute atomic E-state index is 2.44. The van der Waals surface area contributed by atoms with Gasteiger partial charge in [-0.05, 0) is 9.88 Å². The van der Waals surface area contributed by atoms with Crippen molar-refractivity contribution in [1.82, 2.24) is 0 Å². The van der Waals surface area contributed by atoms with E-state index in [0.717, 1.165) is 0 Å². The summed E-state index contributed by atoms with van der Waals surface area (Å²) in [6.07, 6.45) is 8.40. The number of thiophene rings is 1. The molecule has 0 saturated heterocycles. The molecule has 0 aliphatic rings. The smallest absolute Gasteiger partial charge is 0.0995 e. The fourth-order valence-corrected chi connectivity index (χ4v) is 10.5. The predicted molar refractivity (Wildman–Crippen MR) is 88.9 cm³/mol. The molecule has 0 saturated carbocycles. The average Bonchev–Trinajstić information content (AvgIpc) is 2.93. The molecule has 18 heavy (non-hydrogen) atoms. The van der Waals surface area contributed by atoms with Gasteiger partial charge in [-0.3, -0.25) is 0 Å². The van der Waals surface area contributed by atoms with Crippen molar-refractivity contribution in [3.63, 3.8) is 0 Å². The lowest BCUT2D eigenvalue weighted by atomic mass is 10.4. The Hall–Kier alpha value is -0.0831. The average molecular weight is 283 g/mol. The van der Waals surface area contributed by atoms with E-state index in [2.05, 4.69) is 38.3 Å². The third-order valence-electron chi connectivity index (χ3n) is 4.07. The molecule has 0 aliphatic heterocycles. The summed E-state index contributed by atoms with van der Waals surface area (Å²) in [5.74, 6) is 0. The van der Waals surface area contributed by atoms with E-state index in [1.165, 1.54) is 56.7 Å². The Balaban J connectivity index is 2.84. The van der Waals surface area contributed by atoms with Crippen LogP contribution in [0.1, 0.15) is 59.3 Å². The van der Waals surface area contributed by atoms with E-state index in [-0.39, 0.29) is 0 Å². The molecular formula is C16H30SSi. The van der Waals surface area contributed by atoms with E-state index in [0.29, 0.717) is 0 Å². The van der Waals surface area contributed by atoms with Gasteiger partial charge in [0, 0.05) is 0 Å².